The van der Waals surface area contributed by atoms with E-state index in [1.807, 2.05) is 58.0 Å². The lowest BCUT2D eigenvalue weighted by atomic mass is 10.00. The predicted octanol–water partition coefficient (Wildman–Crippen LogP) is 1.31. The number of hydrogen-bond acceptors (Lipinski definition) is 6. The standard InChI is InChI=1S/C20H28N4O4/c1-14(2)12-17(21-18(25)11-10-16-8-6-5-7-9-16)19(26)20-22-23(13-15(3)4)24(27)28-20/h5-11,14-15,17,24H,12-13H2,1-4H3,(H,21,25)/b11-10+. The zero-order chi connectivity index (χ0) is 20.7. The van der Waals surface area contributed by atoms with Gasteiger partial charge in [-0.05, 0) is 29.9 Å². The summed E-state index contributed by atoms with van der Waals surface area (Å²) in [5.41, 5.74) is 0.878. The number of ketones is 1. The Kier molecular flexibility index (Phi) is 7.71. The van der Waals surface area contributed by atoms with Gasteiger partial charge in [-0.15, -0.1) is 0 Å². The number of carbonyl (C=O) groups is 2. The van der Waals surface area contributed by atoms with Gasteiger partial charge < -0.3 is 10.5 Å². The highest BCUT2D eigenvalue weighted by Gasteiger charge is 2.35. The maximum Gasteiger partial charge on any atom is 0.351 e. The van der Waals surface area contributed by atoms with Crippen molar-refractivity contribution in [1.82, 2.24) is 10.4 Å². The summed E-state index contributed by atoms with van der Waals surface area (Å²) in [4.78, 5) is 30.1. The Morgan fingerprint density at radius 3 is 2.50 bits per heavy atom. The molecule has 2 N–H and O–H groups in total. The number of carbonyl (C=O) groups excluding carboxylic acids is 2. The molecular weight excluding hydrogens is 360 g/mol. The summed E-state index contributed by atoms with van der Waals surface area (Å²) in [7, 11) is 0. The van der Waals surface area contributed by atoms with Crippen molar-refractivity contribution in [3.63, 3.8) is 0 Å². The van der Waals surface area contributed by atoms with Crippen molar-refractivity contribution in [3.05, 3.63) is 47.2 Å². The summed E-state index contributed by atoms with van der Waals surface area (Å²) in [6.07, 6.45) is 3.46. The molecule has 0 fully saturated rings. The molecule has 152 valence electrons. The predicted molar refractivity (Wildman–Crippen MR) is 106 cm³/mol. The van der Waals surface area contributed by atoms with Gasteiger partial charge in [0.1, 0.15) is 0 Å². The summed E-state index contributed by atoms with van der Waals surface area (Å²) in [5.74, 6) is -0.845. The van der Waals surface area contributed by atoms with Gasteiger partial charge in [0.15, 0.2) is 0 Å². The van der Waals surface area contributed by atoms with Crippen molar-refractivity contribution in [2.24, 2.45) is 16.9 Å². The van der Waals surface area contributed by atoms with Crippen molar-refractivity contribution >= 4 is 23.7 Å². The number of nitrogens with one attached hydrogen (secondary N) is 2. The molecule has 0 aliphatic carbocycles. The normalized spacial score (nSPS) is 17.8. The molecule has 2 unspecified atom stereocenters. The Morgan fingerprint density at radius 2 is 1.89 bits per heavy atom. The molecule has 28 heavy (non-hydrogen) atoms. The van der Waals surface area contributed by atoms with Crippen LogP contribution in [-0.4, -0.2) is 35.3 Å². The fourth-order valence-corrected chi connectivity index (χ4v) is 2.67. The Morgan fingerprint density at radius 1 is 1.21 bits per heavy atom. The molecule has 0 saturated heterocycles. The third kappa shape index (κ3) is 6.47. The Balaban J connectivity index is 2.07. The first-order chi connectivity index (χ1) is 13.3. The topological polar surface area (TPSA) is 98.5 Å². The SMILES string of the molecule is CC(C)CC(NC(=O)/C=C/c1ccccc1)C(=O)C1=NN(CC(C)C)[NH+]([O-])O1. The third-order valence-corrected chi connectivity index (χ3v) is 3.92. The van der Waals surface area contributed by atoms with Crippen LogP contribution in [0.1, 0.15) is 39.7 Å². The lowest BCUT2D eigenvalue weighted by molar-refractivity contribution is -1.12. The maximum absolute atomic E-state index is 12.8. The minimum absolute atomic E-state index is 0.150. The van der Waals surface area contributed by atoms with E-state index >= 15 is 0 Å². The number of amides is 1. The molecule has 1 aliphatic rings. The van der Waals surface area contributed by atoms with E-state index < -0.39 is 23.1 Å². The van der Waals surface area contributed by atoms with E-state index in [0.29, 0.717) is 13.0 Å². The second kappa shape index (κ2) is 10.0. The number of nitrogens with zero attached hydrogens (tertiary/aromatic N) is 2. The van der Waals surface area contributed by atoms with Crippen molar-refractivity contribution in [2.45, 2.75) is 40.2 Å². The fraction of sp³-hybridized carbons (Fsp3) is 0.450. The van der Waals surface area contributed by atoms with E-state index in [1.54, 1.807) is 6.08 Å². The average molecular weight is 388 g/mol. The number of hydrogen-bond donors (Lipinski definition) is 2. The molecular formula is C20H28N4O4. The number of rotatable bonds is 9. The van der Waals surface area contributed by atoms with Crippen molar-refractivity contribution < 1.29 is 19.8 Å². The van der Waals surface area contributed by atoms with Gasteiger partial charge in [0.05, 0.1) is 12.6 Å². The van der Waals surface area contributed by atoms with Crippen LogP contribution in [0.15, 0.2) is 41.5 Å². The van der Waals surface area contributed by atoms with E-state index in [-0.39, 0.29) is 17.7 Å². The first kappa shape index (κ1) is 21.6. The first-order valence-corrected chi connectivity index (χ1v) is 9.42. The highest BCUT2D eigenvalue weighted by molar-refractivity contribution is 6.38. The second-order valence-electron chi connectivity index (χ2n) is 7.55. The van der Waals surface area contributed by atoms with E-state index in [0.717, 1.165) is 10.7 Å². The molecule has 2 rings (SSSR count). The molecule has 8 nitrogen and oxygen atoms in total. The highest BCUT2D eigenvalue weighted by Crippen LogP contribution is 2.09. The second-order valence-corrected chi connectivity index (χ2v) is 7.55. The van der Waals surface area contributed by atoms with Crippen LogP contribution in [0.5, 0.6) is 0 Å². The zero-order valence-electron chi connectivity index (χ0n) is 16.7. The van der Waals surface area contributed by atoms with E-state index in [9.17, 15) is 14.8 Å². The van der Waals surface area contributed by atoms with Crippen molar-refractivity contribution in [1.29, 1.82) is 0 Å². The van der Waals surface area contributed by atoms with E-state index in [4.69, 9.17) is 4.84 Å². The molecule has 1 aliphatic heterocycles. The van der Waals surface area contributed by atoms with Gasteiger partial charge in [-0.1, -0.05) is 73.6 Å². The average Bonchev–Trinajstić information content (AvgIpc) is 2.99. The number of benzene rings is 1. The van der Waals surface area contributed by atoms with Crippen LogP contribution in [-0.2, 0) is 14.4 Å². The summed E-state index contributed by atoms with van der Waals surface area (Å²) in [6, 6.07) is 8.56. The van der Waals surface area contributed by atoms with Crippen molar-refractivity contribution in [3.8, 4) is 0 Å². The van der Waals surface area contributed by atoms with Crippen LogP contribution < -0.4 is 10.7 Å². The first-order valence-electron chi connectivity index (χ1n) is 9.42. The molecule has 1 aromatic carbocycles. The molecule has 1 amide bonds. The summed E-state index contributed by atoms with van der Waals surface area (Å²) in [6.45, 7) is 8.11. The molecule has 1 heterocycles. The summed E-state index contributed by atoms with van der Waals surface area (Å²) >= 11 is 0. The van der Waals surface area contributed by atoms with Crippen molar-refractivity contribution in [2.75, 3.05) is 6.54 Å². The van der Waals surface area contributed by atoms with Crippen LogP contribution in [0.3, 0.4) is 0 Å². The van der Waals surface area contributed by atoms with Crippen LogP contribution in [0.2, 0.25) is 0 Å². The fourth-order valence-electron chi connectivity index (χ4n) is 2.67. The van der Waals surface area contributed by atoms with Gasteiger partial charge in [0.2, 0.25) is 11.7 Å². The summed E-state index contributed by atoms with van der Waals surface area (Å²) < 4.78 is 0. The largest absolute Gasteiger partial charge is 0.563 e. The van der Waals surface area contributed by atoms with Crippen LogP contribution in [0, 0.1) is 17.0 Å². The molecule has 0 bridgehead atoms. The molecule has 0 saturated carbocycles. The van der Waals surface area contributed by atoms with Crippen LogP contribution in [0.25, 0.3) is 6.08 Å². The number of hydrazone groups is 1. The quantitative estimate of drug-likeness (QED) is 0.491. The zero-order valence-corrected chi connectivity index (χ0v) is 16.7. The van der Waals surface area contributed by atoms with Gasteiger partial charge in [-0.3, -0.25) is 14.4 Å². The van der Waals surface area contributed by atoms with Gasteiger partial charge in [0.25, 0.3) is 0 Å². The molecule has 0 spiro atoms. The lowest BCUT2D eigenvalue weighted by Crippen LogP contribution is -3.10. The van der Waals surface area contributed by atoms with Gasteiger partial charge in [-0.25, -0.2) is 0 Å². The lowest BCUT2D eigenvalue weighted by Gasteiger charge is -2.22. The van der Waals surface area contributed by atoms with E-state index in [2.05, 4.69) is 10.4 Å². The highest BCUT2D eigenvalue weighted by atomic mass is 16.9. The molecule has 2 atom stereocenters. The molecule has 8 heteroatoms. The van der Waals surface area contributed by atoms with Gasteiger partial charge in [-0.2, -0.15) is 0 Å². The Labute approximate surface area is 165 Å². The summed E-state index contributed by atoms with van der Waals surface area (Å²) in [5, 5.41) is 19.1. The van der Waals surface area contributed by atoms with Crippen LogP contribution >= 0.6 is 0 Å². The van der Waals surface area contributed by atoms with E-state index in [1.165, 1.54) is 6.08 Å². The maximum atomic E-state index is 12.8. The smallest absolute Gasteiger partial charge is 0.351 e. The molecule has 0 aromatic heterocycles. The van der Waals surface area contributed by atoms with Gasteiger partial charge >= 0.3 is 5.90 Å². The Bertz CT molecular complexity index is 731. The monoisotopic (exact) mass is 388 g/mol. The molecule has 1 aromatic rings. The van der Waals surface area contributed by atoms with Gasteiger partial charge in [0, 0.05) is 6.08 Å². The Hall–Kier alpha value is -2.71. The number of quaternary nitrogens is 1. The minimum atomic E-state index is -0.821. The number of Topliss-reactive ketones (excluding diaryl/α,β-unsaturated/α-hetero) is 1. The van der Waals surface area contributed by atoms with Crippen LogP contribution in [0.4, 0.5) is 0 Å². The molecule has 0 radical (unpaired) electrons. The minimum Gasteiger partial charge on any atom is -0.563 e. The third-order valence-electron chi connectivity index (χ3n) is 3.92.